The highest BCUT2D eigenvalue weighted by Crippen LogP contribution is 2.34. The van der Waals surface area contributed by atoms with Gasteiger partial charge in [0.2, 0.25) is 0 Å². The summed E-state index contributed by atoms with van der Waals surface area (Å²) in [4.78, 5) is 12.0. The predicted molar refractivity (Wildman–Crippen MR) is 96.1 cm³/mol. The lowest BCUT2D eigenvalue weighted by molar-refractivity contribution is 0.0532. The molecule has 0 radical (unpaired) electrons. The molecule has 0 amide bonds. The molecule has 1 aromatic heterocycles. The van der Waals surface area contributed by atoms with Gasteiger partial charge in [0.15, 0.2) is 0 Å². The van der Waals surface area contributed by atoms with Crippen LogP contribution in [-0.4, -0.2) is 33.3 Å². The maximum Gasteiger partial charge on any atom is 0.136 e. The number of rotatable bonds is 2. The Kier molecular flexibility index (Phi) is 4.53. The van der Waals surface area contributed by atoms with Gasteiger partial charge in [0.25, 0.3) is 0 Å². The van der Waals surface area contributed by atoms with Crippen molar-refractivity contribution in [1.29, 1.82) is 0 Å². The maximum absolute atomic E-state index is 10.5. The molecule has 0 unspecified atom stereocenters. The molecule has 1 fully saturated rings. The third kappa shape index (κ3) is 4.03. The number of aliphatic hydroxyl groups is 1. The second-order valence-electron chi connectivity index (χ2n) is 9.44. The van der Waals surface area contributed by atoms with Gasteiger partial charge in [0.05, 0.1) is 17.3 Å². The Morgan fingerprint density at radius 1 is 1.00 bits per heavy atom. The molecular formula is C19H33N3O. The van der Waals surface area contributed by atoms with Gasteiger partial charge in [-0.15, -0.1) is 0 Å². The first kappa shape index (κ1) is 18.2. The van der Waals surface area contributed by atoms with Gasteiger partial charge in [0, 0.05) is 23.4 Å². The SMILES string of the molecule is CC(C)(C)c1cc(N2CCC[C@@H]2C(C)(C)O)nc(C(C)(C)C)n1. The van der Waals surface area contributed by atoms with Crippen LogP contribution in [0, 0.1) is 0 Å². The predicted octanol–water partition coefficient (Wildman–Crippen LogP) is 3.81. The molecule has 0 aliphatic carbocycles. The van der Waals surface area contributed by atoms with Crippen molar-refractivity contribution in [1.82, 2.24) is 9.97 Å². The topological polar surface area (TPSA) is 49.2 Å². The van der Waals surface area contributed by atoms with E-state index < -0.39 is 5.60 Å². The zero-order valence-corrected chi connectivity index (χ0v) is 16.1. The van der Waals surface area contributed by atoms with E-state index in [1.165, 1.54) is 0 Å². The fourth-order valence-electron chi connectivity index (χ4n) is 3.08. The molecule has 0 spiro atoms. The summed E-state index contributed by atoms with van der Waals surface area (Å²) in [7, 11) is 0. The van der Waals surface area contributed by atoms with Crippen LogP contribution in [0.25, 0.3) is 0 Å². The van der Waals surface area contributed by atoms with Crippen LogP contribution in [-0.2, 0) is 10.8 Å². The molecule has 130 valence electrons. The van der Waals surface area contributed by atoms with E-state index in [0.29, 0.717) is 0 Å². The van der Waals surface area contributed by atoms with E-state index in [2.05, 4.69) is 52.5 Å². The first-order valence-corrected chi connectivity index (χ1v) is 8.69. The van der Waals surface area contributed by atoms with Crippen LogP contribution in [0.1, 0.15) is 79.7 Å². The van der Waals surface area contributed by atoms with Gasteiger partial charge in [-0.1, -0.05) is 41.5 Å². The summed E-state index contributed by atoms with van der Waals surface area (Å²) in [5.74, 6) is 1.83. The Bertz CT molecular complexity index is 529. The number of anilines is 1. The molecule has 4 nitrogen and oxygen atoms in total. The molecule has 4 heteroatoms. The summed E-state index contributed by atoms with van der Waals surface area (Å²) in [6.45, 7) is 17.7. The van der Waals surface area contributed by atoms with E-state index in [1.807, 2.05) is 13.8 Å². The normalized spacial score (nSPS) is 20.2. The lowest BCUT2D eigenvalue weighted by Crippen LogP contribution is -2.46. The molecule has 1 N–H and O–H groups in total. The second-order valence-corrected chi connectivity index (χ2v) is 9.44. The van der Waals surface area contributed by atoms with Crippen LogP contribution in [0.2, 0.25) is 0 Å². The van der Waals surface area contributed by atoms with Crippen LogP contribution in [0.4, 0.5) is 5.82 Å². The van der Waals surface area contributed by atoms with E-state index in [-0.39, 0.29) is 16.9 Å². The van der Waals surface area contributed by atoms with Crippen LogP contribution in [0.15, 0.2) is 6.07 Å². The molecule has 0 bridgehead atoms. The molecule has 1 aromatic rings. The molecule has 0 saturated carbocycles. The van der Waals surface area contributed by atoms with Gasteiger partial charge in [-0.25, -0.2) is 9.97 Å². The highest BCUT2D eigenvalue weighted by Gasteiger charge is 2.37. The average Bonchev–Trinajstić information content (AvgIpc) is 2.85. The number of hydrogen-bond donors (Lipinski definition) is 1. The van der Waals surface area contributed by atoms with Gasteiger partial charge >= 0.3 is 0 Å². The largest absolute Gasteiger partial charge is 0.388 e. The maximum atomic E-state index is 10.5. The Hall–Kier alpha value is -1.16. The Labute approximate surface area is 141 Å². The first-order chi connectivity index (χ1) is 10.3. The molecule has 2 heterocycles. The lowest BCUT2D eigenvalue weighted by atomic mass is 9.90. The number of nitrogens with zero attached hydrogens (tertiary/aromatic N) is 3. The van der Waals surface area contributed by atoms with E-state index in [9.17, 15) is 5.11 Å². The Balaban J connectivity index is 2.53. The smallest absolute Gasteiger partial charge is 0.136 e. The minimum atomic E-state index is -0.731. The monoisotopic (exact) mass is 319 g/mol. The zero-order chi connectivity index (χ0) is 17.6. The van der Waals surface area contributed by atoms with Crippen molar-refractivity contribution in [2.45, 2.75) is 90.7 Å². The van der Waals surface area contributed by atoms with Crippen LogP contribution in [0.3, 0.4) is 0 Å². The van der Waals surface area contributed by atoms with Gasteiger partial charge in [-0.2, -0.15) is 0 Å². The van der Waals surface area contributed by atoms with Crippen molar-refractivity contribution >= 4 is 5.82 Å². The number of aromatic nitrogens is 2. The van der Waals surface area contributed by atoms with Gasteiger partial charge in [0.1, 0.15) is 11.6 Å². The van der Waals surface area contributed by atoms with Crippen molar-refractivity contribution in [3.8, 4) is 0 Å². The van der Waals surface area contributed by atoms with Crippen molar-refractivity contribution in [2.75, 3.05) is 11.4 Å². The first-order valence-electron chi connectivity index (χ1n) is 8.69. The van der Waals surface area contributed by atoms with Crippen LogP contribution in [0.5, 0.6) is 0 Å². The van der Waals surface area contributed by atoms with Crippen molar-refractivity contribution in [3.05, 3.63) is 17.6 Å². The van der Waals surface area contributed by atoms with Crippen molar-refractivity contribution in [2.24, 2.45) is 0 Å². The Morgan fingerprint density at radius 3 is 2.09 bits per heavy atom. The summed E-state index contributed by atoms with van der Waals surface area (Å²) >= 11 is 0. The van der Waals surface area contributed by atoms with Crippen molar-refractivity contribution < 1.29 is 5.11 Å². The molecule has 2 rings (SSSR count). The average molecular weight is 319 g/mol. The van der Waals surface area contributed by atoms with Crippen LogP contribution < -0.4 is 4.90 Å². The van der Waals surface area contributed by atoms with E-state index in [1.54, 1.807) is 0 Å². The standard InChI is InChI=1S/C19H33N3O/c1-17(2,3)13-12-15(21-16(20-13)18(4,5)6)22-11-9-10-14(22)19(7,8)23/h12,14,23H,9-11H2,1-8H3/t14-/m1/s1. The van der Waals surface area contributed by atoms with Crippen molar-refractivity contribution in [3.63, 3.8) is 0 Å². The molecule has 1 aliphatic heterocycles. The fourth-order valence-corrected chi connectivity index (χ4v) is 3.08. The molecule has 1 aliphatic rings. The third-order valence-electron chi connectivity index (χ3n) is 4.51. The molecule has 1 saturated heterocycles. The van der Waals surface area contributed by atoms with Gasteiger partial charge in [-0.05, 0) is 26.7 Å². The van der Waals surface area contributed by atoms with E-state index in [4.69, 9.17) is 9.97 Å². The fraction of sp³-hybridized carbons (Fsp3) is 0.789. The summed E-state index contributed by atoms with van der Waals surface area (Å²) in [6.07, 6.45) is 2.09. The zero-order valence-electron chi connectivity index (χ0n) is 16.1. The van der Waals surface area contributed by atoms with Gasteiger partial charge < -0.3 is 10.0 Å². The molecule has 23 heavy (non-hydrogen) atoms. The van der Waals surface area contributed by atoms with Gasteiger partial charge in [-0.3, -0.25) is 0 Å². The molecular weight excluding hydrogens is 286 g/mol. The number of hydrogen-bond acceptors (Lipinski definition) is 4. The molecule has 1 atom stereocenters. The Morgan fingerprint density at radius 2 is 1.61 bits per heavy atom. The van der Waals surface area contributed by atoms with E-state index in [0.717, 1.165) is 36.7 Å². The third-order valence-corrected chi connectivity index (χ3v) is 4.51. The second kappa shape index (κ2) is 5.73. The minimum absolute atomic E-state index is 0.0261. The summed E-state index contributed by atoms with van der Waals surface area (Å²) in [6, 6.07) is 2.22. The molecule has 0 aromatic carbocycles. The highest BCUT2D eigenvalue weighted by atomic mass is 16.3. The summed E-state index contributed by atoms with van der Waals surface area (Å²) < 4.78 is 0. The lowest BCUT2D eigenvalue weighted by Gasteiger charge is -2.35. The highest BCUT2D eigenvalue weighted by molar-refractivity contribution is 5.45. The summed E-state index contributed by atoms with van der Waals surface area (Å²) in [5, 5.41) is 10.5. The minimum Gasteiger partial charge on any atom is -0.388 e. The van der Waals surface area contributed by atoms with Crippen LogP contribution >= 0.6 is 0 Å². The summed E-state index contributed by atoms with van der Waals surface area (Å²) in [5.41, 5.74) is 0.209. The quantitative estimate of drug-likeness (QED) is 0.900. The van der Waals surface area contributed by atoms with E-state index >= 15 is 0 Å².